The van der Waals surface area contributed by atoms with Gasteiger partial charge in [0, 0.05) is 12.1 Å². The molecule has 144 valence electrons. The Morgan fingerprint density at radius 3 is 2.56 bits per heavy atom. The highest BCUT2D eigenvalue weighted by Gasteiger charge is 2.10. The van der Waals surface area contributed by atoms with Crippen LogP contribution in [0.5, 0.6) is 17.4 Å². The number of hydrogen-bond donors (Lipinski definition) is 2. The maximum absolute atomic E-state index is 10.5. The van der Waals surface area contributed by atoms with Crippen molar-refractivity contribution < 1.29 is 19.0 Å². The van der Waals surface area contributed by atoms with Crippen LogP contribution in [0.2, 0.25) is 0 Å². The second kappa shape index (κ2) is 11.3. The number of nitrogens with one attached hydrogen (secondary N) is 1. The van der Waals surface area contributed by atoms with E-state index in [1.54, 1.807) is 21.1 Å². The molecule has 0 aliphatic carbocycles. The summed E-state index contributed by atoms with van der Waals surface area (Å²) in [4.78, 5) is 14.3. The predicted molar refractivity (Wildman–Crippen MR) is 102 cm³/mol. The predicted octanol–water partition coefficient (Wildman–Crippen LogP) is 2.17. The van der Waals surface area contributed by atoms with E-state index in [0.29, 0.717) is 12.9 Å². The number of aldehydes is 1. The van der Waals surface area contributed by atoms with Crippen LogP contribution >= 0.6 is 0 Å². The first-order valence-electron chi connectivity index (χ1n) is 8.18. The molecule has 1 aromatic carbocycles. The van der Waals surface area contributed by atoms with Crippen LogP contribution in [0.15, 0.2) is 24.3 Å². The summed E-state index contributed by atoms with van der Waals surface area (Å²) in [7, 11) is 5.23. The molecule has 1 aromatic heterocycles. The van der Waals surface area contributed by atoms with E-state index in [9.17, 15) is 4.79 Å². The number of anilines is 1. The van der Waals surface area contributed by atoms with Gasteiger partial charge in [0.15, 0.2) is 6.29 Å². The number of aromatic nitrogens is 1. The molecule has 0 amide bonds. The van der Waals surface area contributed by atoms with Crippen molar-refractivity contribution in [3.63, 3.8) is 0 Å². The fourth-order valence-corrected chi connectivity index (χ4v) is 2.18. The molecule has 8 heteroatoms. The first-order chi connectivity index (χ1) is 13.0. The molecule has 8 nitrogen and oxygen atoms in total. The minimum Gasteiger partial charge on any atom is -0.497 e. The number of pyridine rings is 1. The second-order valence-corrected chi connectivity index (χ2v) is 5.19. The second-order valence-electron chi connectivity index (χ2n) is 5.19. The van der Waals surface area contributed by atoms with Crippen LogP contribution in [0.25, 0.3) is 0 Å². The first-order valence-corrected chi connectivity index (χ1v) is 8.18. The Morgan fingerprint density at radius 1 is 1.30 bits per heavy atom. The highest BCUT2D eigenvalue weighted by Crippen LogP contribution is 2.23. The number of carbonyl (C=O) groups is 1. The van der Waals surface area contributed by atoms with Crippen molar-refractivity contribution in [2.24, 2.45) is 0 Å². The number of hydrogen-bond acceptors (Lipinski definition) is 8. The topological polar surface area (TPSA) is 119 Å². The molecule has 0 aliphatic heterocycles. The molecule has 0 atom stereocenters. The lowest BCUT2D eigenvalue weighted by atomic mass is 10.2. The minimum absolute atomic E-state index is 0.108. The lowest BCUT2D eigenvalue weighted by Gasteiger charge is -2.09. The van der Waals surface area contributed by atoms with Gasteiger partial charge in [-0.3, -0.25) is 4.79 Å². The van der Waals surface area contributed by atoms with Gasteiger partial charge in [-0.25, -0.2) is 4.98 Å². The van der Waals surface area contributed by atoms with E-state index >= 15 is 0 Å². The standard InChI is InChI=1S/C10H15NO2.C9H9N3O2/c1-11-7-8-6-9(12-2)4-5-10(8)13-3;1-2-14-9-7(4-10)8(11)3-6(5-13)12-9/h4-6,11H,7H2,1-3H3;3,5H,2H2,1H3,(H2,11,12). The van der Waals surface area contributed by atoms with Crippen LogP contribution in [-0.4, -0.2) is 39.1 Å². The van der Waals surface area contributed by atoms with Crippen molar-refractivity contribution in [2.45, 2.75) is 13.5 Å². The maximum atomic E-state index is 10.5. The summed E-state index contributed by atoms with van der Waals surface area (Å²) in [6.45, 7) is 2.90. The van der Waals surface area contributed by atoms with Crippen molar-refractivity contribution in [2.75, 3.05) is 33.6 Å². The van der Waals surface area contributed by atoms with E-state index in [1.807, 2.05) is 31.3 Å². The maximum Gasteiger partial charge on any atom is 0.234 e. The van der Waals surface area contributed by atoms with E-state index < -0.39 is 0 Å². The molecule has 2 rings (SSSR count). The normalized spacial score (nSPS) is 9.44. The third-order valence-corrected chi connectivity index (χ3v) is 3.40. The Balaban J connectivity index is 0.000000271. The van der Waals surface area contributed by atoms with Crippen molar-refractivity contribution in [1.29, 1.82) is 5.26 Å². The van der Waals surface area contributed by atoms with E-state index in [4.69, 9.17) is 25.2 Å². The first kappa shape index (κ1) is 21.7. The van der Waals surface area contributed by atoms with Gasteiger partial charge in [0.1, 0.15) is 28.8 Å². The molecule has 0 fully saturated rings. The fourth-order valence-electron chi connectivity index (χ4n) is 2.18. The highest BCUT2D eigenvalue weighted by molar-refractivity contribution is 5.76. The Hall–Kier alpha value is -3.31. The zero-order valence-corrected chi connectivity index (χ0v) is 15.9. The number of nitrogen functional groups attached to an aromatic ring is 1. The molecule has 0 spiro atoms. The number of nitriles is 1. The minimum atomic E-state index is 0.108. The average molecular weight is 372 g/mol. The van der Waals surface area contributed by atoms with Gasteiger partial charge in [-0.1, -0.05) is 0 Å². The molecule has 0 unspecified atom stereocenters. The summed E-state index contributed by atoms with van der Waals surface area (Å²) < 4.78 is 15.4. The third kappa shape index (κ3) is 6.17. The lowest BCUT2D eigenvalue weighted by Crippen LogP contribution is -2.06. The molecule has 0 bridgehead atoms. The molecular formula is C19H24N4O4. The number of nitrogens with two attached hydrogens (primary N) is 1. The Labute approximate surface area is 158 Å². The van der Waals surface area contributed by atoms with Crippen LogP contribution in [0, 0.1) is 11.3 Å². The molecule has 27 heavy (non-hydrogen) atoms. The van der Waals surface area contributed by atoms with Crippen molar-refractivity contribution in [1.82, 2.24) is 10.3 Å². The van der Waals surface area contributed by atoms with Gasteiger partial charge in [-0.2, -0.15) is 5.26 Å². The fraction of sp³-hybridized carbons (Fsp3) is 0.316. The van der Waals surface area contributed by atoms with Crippen molar-refractivity contribution in [3.8, 4) is 23.4 Å². The Bertz CT molecular complexity index is 803. The molecule has 1 heterocycles. The van der Waals surface area contributed by atoms with Gasteiger partial charge in [-0.15, -0.1) is 0 Å². The van der Waals surface area contributed by atoms with Crippen LogP contribution in [0.1, 0.15) is 28.5 Å². The monoisotopic (exact) mass is 372 g/mol. The van der Waals surface area contributed by atoms with Crippen molar-refractivity contribution in [3.05, 3.63) is 41.1 Å². The molecule has 2 aromatic rings. The van der Waals surface area contributed by atoms with Gasteiger partial charge in [0.05, 0.1) is 26.5 Å². The number of methoxy groups -OCH3 is 2. The SMILES string of the molecule is CCOc1nc(C=O)cc(N)c1C#N.CNCc1cc(OC)ccc1OC. The summed E-state index contributed by atoms with van der Waals surface area (Å²) >= 11 is 0. The van der Waals surface area contributed by atoms with Gasteiger partial charge < -0.3 is 25.3 Å². The highest BCUT2D eigenvalue weighted by atomic mass is 16.5. The van der Waals surface area contributed by atoms with Gasteiger partial charge in [0.2, 0.25) is 5.88 Å². The molecule has 0 saturated heterocycles. The van der Waals surface area contributed by atoms with Crippen LogP contribution in [0.4, 0.5) is 5.69 Å². The van der Waals surface area contributed by atoms with Gasteiger partial charge >= 0.3 is 0 Å². The molecule has 0 radical (unpaired) electrons. The van der Waals surface area contributed by atoms with E-state index in [1.165, 1.54) is 6.07 Å². The summed E-state index contributed by atoms with van der Waals surface area (Å²) in [5, 5.41) is 11.8. The quantitative estimate of drug-likeness (QED) is 0.710. The number of ether oxygens (including phenoxy) is 3. The van der Waals surface area contributed by atoms with Gasteiger partial charge in [0.25, 0.3) is 0 Å². The molecule has 0 aliphatic rings. The summed E-state index contributed by atoms with van der Waals surface area (Å²) in [5.74, 6) is 1.85. The molecular weight excluding hydrogens is 348 g/mol. The third-order valence-electron chi connectivity index (χ3n) is 3.40. The summed E-state index contributed by atoms with van der Waals surface area (Å²) in [6, 6.07) is 8.98. The number of nitrogens with zero attached hydrogens (tertiary/aromatic N) is 2. The summed E-state index contributed by atoms with van der Waals surface area (Å²) in [5.41, 5.74) is 7.16. The molecule has 0 saturated carbocycles. The number of rotatable bonds is 7. The number of benzene rings is 1. The van der Waals surface area contributed by atoms with E-state index in [-0.39, 0.29) is 22.8 Å². The number of carbonyl (C=O) groups excluding carboxylic acids is 1. The van der Waals surface area contributed by atoms with Crippen LogP contribution in [0.3, 0.4) is 0 Å². The van der Waals surface area contributed by atoms with Crippen LogP contribution < -0.4 is 25.3 Å². The van der Waals surface area contributed by atoms with Crippen LogP contribution in [-0.2, 0) is 6.54 Å². The Kier molecular flexibility index (Phi) is 9.12. The molecule has 3 N–H and O–H groups in total. The largest absolute Gasteiger partial charge is 0.497 e. The van der Waals surface area contributed by atoms with E-state index in [2.05, 4.69) is 10.3 Å². The van der Waals surface area contributed by atoms with E-state index in [0.717, 1.165) is 23.6 Å². The Morgan fingerprint density at radius 2 is 2.04 bits per heavy atom. The van der Waals surface area contributed by atoms with Crippen molar-refractivity contribution >= 4 is 12.0 Å². The smallest absolute Gasteiger partial charge is 0.234 e. The zero-order valence-electron chi connectivity index (χ0n) is 15.9. The zero-order chi connectivity index (χ0) is 20.2. The average Bonchev–Trinajstić information content (AvgIpc) is 2.68. The lowest BCUT2D eigenvalue weighted by molar-refractivity contribution is 0.111. The van der Waals surface area contributed by atoms with Gasteiger partial charge in [-0.05, 0) is 38.2 Å². The summed E-state index contributed by atoms with van der Waals surface area (Å²) in [6.07, 6.45) is 0.556.